The first-order valence-electron chi connectivity index (χ1n) is 7.06. The van der Waals surface area contributed by atoms with Crippen LogP contribution in [0.5, 0.6) is 0 Å². The van der Waals surface area contributed by atoms with Crippen molar-refractivity contribution in [1.82, 2.24) is 14.5 Å². The second-order valence-electron chi connectivity index (χ2n) is 5.79. The van der Waals surface area contributed by atoms with Gasteiger partial charge in [0.1, 0.15) is 0 Å². The summed E-state index contributed by atoms with van der Waals surface area (Å²) in [7, 11) is -3.72. The molecule has 3 rings (SSSR count). The van der Waals surface area contributed by atoms with Crippen molar-refractivity contribution < 1.29 is 18.3 Å². The Morgan fingerprint density at radius 1 is 1.41 bits per heavy atom. The van der Waals surface area contributed by atoms with Gasteiger partial charge in [0.2, 0.25) is 10.0 Å². The van der Waals surface area contributed by atoms with E-state index in [-0.39, 0.29) is 22.5 Å². The average molecular weight is 323 g/mol. The van der Waals surface area contributed by atoms with Crippen molar-refractivity contribution in [3.63, 3.8) is 0 Å². The topological polar surface area (TPSA) is 101 Å². The Bertz CT molecular complexity index is 850. The van der Waals surface area contributed by atoms with E-state index in [1.165, 1.54) is 18.3 Å². The number of carboxylic acids is 1. The summed E-state index contributed by atoms with van der Waals surface area (Å²) in [6, 6.07) is 2.64. The molecule has 0 bridgehead atoms. The Balaban J connectivity index is 2.22. The fourth-order valence-corrected chi connectivity index (χ4v) is 3.70. The van der Waals surface area contributed by atoms with E-state index in [1.807, 2.05) is 13.8 Å². The number of aromatic carboxylic acids is 1. The molecular weight excluding hydrogens is 306 g/mol. The predicted molar refractivity (Wildman–Crippen MR) is 80.4 cm³/mol. The maximum Gasteiger partial charge on any atom is 0.336 e. The van der Waals surface area contributed by atoms with Gasteiger partial charge in [-0.1, -0.05) is 0 Å². The number of nitrogens with one attached hydrogen (secondary N) is 1. The lowest BCUT2D eigenvalue weighted by Gasteiger charge is -2.11. The molecule has 0 unspecified atom stereocenters. The van der Waals surface area contributed by atoms with Gasteiger partial charge in [0.05, 0.1) is 22.2 Å². The van der Waals surface area contributed by atoms with Gasteiger partial charge < -0.3 is 5.11 Å². The van der Waals surface area contributed by atoms with Gasteiger partial charge in [0, 0.05) is 17.5 Å². The molecule has 8 heteroatoms. The van der Waals surface area contributed by atoms with E-state index in [1.54, 1.807) is 4.68 Å². The van der Waals surface area contributed by atoms with Crippen molar-refractivity contribution >= 4 is 26.9 Å². The molecule has 0 atom stereocenters. The highest BCUT2D eigenvalue weighted by molar-refractivity contribution is 7.89. The Hall–Kier alpha value is -1.93. The Morgan fingerprint density at radius 3 is 2.64 bits per heavy atom. The van der Waals surface area contributed by atoms with E-state index in [0.29, 0.717) is 10.9 Å². The summed E-state index contributed by atoms with van der Waals surface area (Å²) in [6.07, 6.45) is 3.10. The number of carbonyl (C=O) groups is 1. The van der Waals surface area contributed by atoms with Gasteiger partial charge in [0.15, 0.2) is 0 Å². The molecule has 0 radical (unpaired) electrons. The number of hydrogen-bond donors (Lipinski definition) is 2. The number of hydrogen-bond acceptors (Lipinski definition) is 4. The van der Waals surface area contributed by atoms with Gasteiger partial charge in [-0.25, -0.2) is 17.9 Å². The highest BCUT2D eigenvalue weighted by atomic mass is 32.2. The highest BCUT2D eigenvalue weighted by Crippen LogP contribution is 2.28. The van der Waals surface area contributed by atoms with Crippen LogP contribution >= 0.6 is 0 Å². The highest BCUT2D eigenvalue weighted by Gasteiger charge is 2.29. The van der Waals surface area contributed by atoms with Crippen LogP contribution in [0.1, 0.15) is 43.1 Å². The van der Waals surface area contributed by atoms with Crippen LogP contribution in [0.15, 0.2) is 23.2 Å². The van der Waals surface area contributed by atoms with Gasteiger partial charge in [-0.15, -0.1) is 0 Å². The summed E-state index contributed by atoms with van der Waals surface area (Å²) < 4.78 is 28.9. The summed E-state index contributed by atoms with van der Waals surface area (Å²) in [4.78, 5) is 11.4. The van der Waals surface area contributed by atoms with Crippen LogP contribution < -0.4 is 4.72 Å². The maximum atomic E-state index is 12.4. The lowest BCUT2D eigenvalue weighted by molar-refractivity contribution is 0.0699. The minimum Gasteiger partial charge on any atom is -0.478 e. The fourth-order valence-electron chi connectivity index (χ4n) is 2.35. The molecule has 1 aromatic carbocycles. The van der Waals surface area contributed by atoms with Crippen LogP contribution in [0.3, 0.4) is 0 Å². The molecule has 118 valence electrons. The van der Waals surface area contributed by atoms with E-state index in [4.69, 9.17) is 0 Å². The van der Waals surface area contributed by atoms with Crippen LogP contribution in [0.2, 0.25) is 0 Å². The molecule has 1 fully saturated rings. The molecule has 1 aromatic heterocycles. The molecular formula is C14H17N3O4S. The van der Waals surface area contributed by atoms with Gasteiger partial charge in [-0.05, 0) is 38.8 Å². The van der Waals surface area contributed by atoms with E-state index in [9.17, 15) is 18.3 Å². The number of benzene rings is 1. The van der Waals surface area contributed by atoms with Crippen LogP contribution in [0, 0.1) is 0 Å². The van der Waals surface area contributed by atoms with Crippen molar-refractivity contribution in [2.24, 2.45) is 0 Å². The summed E-state index contributed by atoms with van der Waals surface area (Å²) in [5.41, 5.74) is 0.451. The monoisotopic (exact) mass is 323 g/mol. The summed E-state index contributed by atoms with van der Waals surface area (Å²) >= 11 is 0. The minimum absolute atomic E-state index is 0.00603. The summed E-state index contributed by atoms with van der Waals surface area (Å²) in [5.74, 6) is -1.17. The van der Waals surface area contributed by atoms with E-state index in [0.717, 1.165) is 12.8 Å². The quantitative estimate of drug-likeness (QED) is 0.873. The molecule has 7 nitrogen and oxygen atoms in total. The number of rotatable bonds is 5. The summed E-state index contributed by atoms with van der Waals surface area (Å²) in [5, 5.41) is 14.0. The number of nitrogens with zero attached hydrogens (tertiary/aromatic N) is 2. The van der Waals surface area contributed by atoms with E-state index < -0.39 is 16.0 Å². The fraction of sp³-hybridized carbons (Fsp3) is 0.429. The molecule has 1 aliphatic carbocycles. The zero-order chi connectivity index (χ0) is 16.1. The third-order valence-electron chi connectivity index (χ3n) is 3.62. The molecule has 1 saturated carbocycles. The lowest BCUT2D eigenvalue weighted by atomic mass is 10.1. The Labute approximate surface area is 128 Å². The normalized spacial score (nSPS) is 15.6. The smallest absolute Gasteiger partial charge is 0.336 e. The average Bonchev–Trinajstić information content (AvgIpc) is 3.12. The van der Waals surface area contributed by atoms with Gasteiger partial charge in [-0.3, -0.25) is 4.68 Å². The second kappa shape index (κ2) is 5.06. The predicted octanol–water partition coefficient (Wildman–Crippen LogP) is 1.76. The SMILES string of the molecule is CC(C)n1ncc2c(C(=O)O)cc(S(=O)(=O)NC3CC3)cc21. The zero-order valence-corrected chi connectivity index (χ0v) is 13.1. The van der Waals surface area contributed by atoms with Gasteiger partial charge >= 0.3 is 5.97 Å². The Kier molecular flexibility index (Phi) is 3.45. The number of carboxylic acid groups (broad SMARTS) is 1. The van der Waals surface area contributed by atoms with Gasteiger partial charge in [0.25, 0.3) is 0 Å². The largest absolute Gasteiger partial charge is 0.478 e. The molecule has 22 heavy (non-hydrogen) atoms. The molecule has 2 N–H and O–H groups in total. The second-order valence-corrected chi connectivity index (χ2v) is 7.50. The molecule has 1 aliphatic rings. The molecule has 0 amide bonds. The molecule has 1 heterocycles. The molecule has 2 aromatic rings. The Morgan fingerprint density at radius 2 is 2.09 bits per heavy atom. The first kappa shape index (κ1) is 15.0. The first-order valence-corrected chi connectivity index (χ1v) is 8.55. The van der Waals surface area contributed by atoms with E-state index >= 15 is 0 Å². The number of aromatic nitrogens is 2. The van der Waals surface area contributed by atoms with Crippen molar-refractivity contribution in [2.75, 3.05) is 0 Å². The van der Waals surface area contributed by atoms with E-state index in [2.05, 4.69) is 9.82 Å². The lowest BCUT2D eigenvalue weighted by Crippen LogP contribution is -2.26. The molecule has 0 spiro atoms. The first-order chi connectivity index (χ1) is 10.3. The third-order valence-corrected chi connectivity index (χ3v) is 5.12. The number of sulfonamides is 1. The zero-order valence-electron chi connectivity index (χ0n) is 12.3. The maximum absolute atomic E-state index is 12.4. The standard InChI is InChI=1S/C14H17N3O4S/c1-8(2)17-13-6-10(22(20,21)16-9-3-4-9)5-11(14(18)19)12(13)7-15-17/h5-9,16H,3-4H2,1-2H3,(H,18,19). The third kappa shape index (κ3) is 2.59. The number of fused-ring (bicyclic) bond motifs is 1. The van der Waals surface area contributed by atoms with Gasteiger partial charge in [-0.2, -0.15) is 5.10 Å². The van der Waals surface area contributed by atoms with Crippen LogP contribution in [-0.4, -0.2) is 35.3 Å². The van der Waals surface area contributed by atoms with Crippen LogP contribution in [-0.2, 0) is 10.0 Å². The van der Waals surface area contributed by atoms with Crippen LogP contribution in [0.25, 0.3) is 10.9 Å². The molecule has 0 aliphatic heterocycles. The van der Waals surface area contributed by atoms with Crippen LogP contribution in [0.4, 0.5) is 0 Å². The summed E-state index contributed by atoms with van der Waals surface area (Å²) in [6.45, 7) is 3.80. The van der Waals surface area contributed by atoms with Crippen molar-refractivity contribution in [1.29, 1.82) is 0 Å². The molecule has 0 saturated heterocycles. The van der Waals surface area contributed by atoms with Crippen molar-refractivity contribution in [3.8, 4) is 0 Å². The van der Waals surface area contributed by atoms with Crippen molar-refractivity contribution in [2.45, 2.75) is 43.7 Å². The minimum atomic E-state index is -3.72. The van der Waals surface area contributed by atoms with Crippen molar-refractivity contribution in [3.05, 3.63) is 23.9 Å².